The Balaban J connectivity index is 0.000000845. The van der Waals surface area contributed by atoms with E-state index in [2.05, 4.69) is 24.4 Å². The second kappa shape index (κ2) is 4.61. The van der Waals surface area contributed by atoms with Gasteiger partial charge in [0, 0.05) is 6.04 Å². The molecule has 1 heterocycles. The summed E-state index contributed by atoms with van der Waals surface area (Å²) in [4.78, 5) is 0. The Labute approximate surface area is 84.7 Å². The molecule has 0 radical (unpaired) electrons. The van der Waals surface area contributed by atoms with Crippen molar-refractivity contribution in [2.24, 2.45) is 0 Å². The van der Waals surface area contributed by atoms with E-state index in [-0.39, 0.29) is 18.5 Å². The zero-order valence-electron chi connectivity index (χ0n) is 7.57. The number of benzene rings is 1. The predicted molar refractivity (Wildman–Crippen MR) is 55.0 cm³/mol. The van der Waals surface area contributed by atoms with Crippen molar-refractivity contribution in [2.45, 2.75) is 19.1 Å². The van der Waals surface area contributed by atoms with Gasteiger partial charge < -0.3 is 4.74 Å². The standard InChI is InChI=1S/C10H13NO.ClH/c1-8-10(12-7-11-8)9-5-3-2-4-6-9;/h2-6,8,10-11H,7H2,1H3;1H. The van der Waals surface area contributed by atoms with Crippen LogP contribution in [0.1, 0.15) is 18.6 Å². The zero-order chi connectivity index (χ0) is 8.39. The van der Waals surface area contributed by atoms with Gasteiger partial charge in [0.1, 0.15) is 0 Å². The summed E-state index contributed by atoms with van der Waals surface area (Å²) in [6.07, 6.45) is 0.228. The lowest BCUT2D eigenvalue weighted by Crippen LogP contribution is -2.21. The van der Waals surface area contributed by atoms with Crippen molar-refractivity contribution in [3.05, 3.63) is 35.9 Å². The van der Waals surface area contributed by atoms with Gasteiger partial charge in [0.2, 0.25) is 0 Å². The molecule has 3 heteroatoms. The third-order valence-electron chi connectivity index (χ3n) is 2.25. The molecule has 0 aromatic heterocycles. The largest absolute Gasteiger partial charge is 0.357 e. The molecule has 0 bridgehead atoms. The second-order valence-electron chi connectivity index (χ2n) is 3.14. The van der Waals surface area contributed by atoms with Gasteiger partial charge in [-0.2, -0.15) is 0 Å². The van der Waals surface area contributed by atoms with Gasteiger partial charge >= 0.3 is 0 Å². The van der Waals surface area contributed by atoms with Crippen molar-refractivity contribution in [2.75, 3.05) is 6.73 Å². The number of ether oxygens (including phenoxy) is 1. The van der Waals surface area contributed by atoms with Crippen LogP contribution < -0.4 is 5.32 Å². The number of rotatable bonds is 1. The van der Waals surface area contributed by atoms with Gasteiger partial charge in [0.15, 0.2) is 0 Å². The van der Waals surface area contributed by atoms with E-state index in [4.69, 9.17) is 4.74 Å². The molecule has 0 spiro atoms. The quantitative estimate of drug-likeness (QED) is 0.748. The lowest BCUT2D eigenvalue weighted by molar-refractivity contribution is 0.105. The molecule has 0 aliphatic carbocycles. The van der Waals surface area contributed by atoms with Crippen LogP contribution in [-0.2, 0) is 4.74 Å². The Morgan fingerprint density at radius 2 is 2.00 bits per heavy atom. The molecule has 0 saturated carbocycles. The fraction of sp³-hybridized carbons (Fsp3) is 0.400. The minimum absolute atomic E-state index is 0. The van der Waals surface area contributed by atoms with E-state index >= 15 is 0 Å². The van der Waals surface area contributed by atoms with E-state index in [0.717, 1.165) is 0 Å². The molecule has 72 valence electrons. The van der Waals surface area contributed by atoms with Crippen LogP contribution >= 0.6 is 12.4 Å². The van der Waals surface area contributed by atoms with Crippen LogP contribution in [0.5, 0.6) is 0 Å². The topological polar surface area (TPSA) is 21.3 Å². The maximum Gasteiger partial charge on any atom is 0.0993 e. The van der Waals surface area contributed by atoms with Gasteiger partial charge in [-0.15, -0.1) is 12.4 Å². The molecule has 2 nitrogen and oxygen atoms in total. The first-order valence-corrected chi connectivity index (χ1v) is 4.28. The molecular weight excluding hydrogens is 186 g/mol. The van der Waals surface area contributed by atoms with E-state index in [0.29, 0.717) is 12.8 Å². The molecule has 1 aromatic rings. The summed E-state index contributed by atoms with van der Waals surface area (Å²) in [7, 11) is 0. The molecule has 1 N–H and O–H groups in total. The van der Waals surface area contributed by atoms with E-state index in [1.165, 1.54) is 5.56 Å². The van der Waals surface area contributed by atoms with Crippen molar-refractivity contribution < 1.29 is 4.74 Å². The Hall–Kier alpha value is -0.570. The van der Waals surface area contributed by atoms with Crippen LogP contribution in [0.2, 0.25) is 0 Å². The molecule has 2 unspecified atom stereocenters. The van der Waals surface area contributed by atoms with Crippen LogP contribution in [0.4, 0.5) is 0 Å². The van der Waals surface area contributed by atoms with Crippen LogP contribution in [0, 0.1) is 0 Å². The predicted octanol–water partition coefficient (Wildman–Crippen LogP) is 2.12. The van der Waals surface area contributed by atoms with Gasteiger partial charge in [-0.3, -0.25) is 5.32 Å². The molecule has 2 rings (SSSR count). The first-order chi connectivity index (χ1) is 5.88. The molecule has 0 amide bonds. The van der Waals surface area contributed by atoms with Gasteiger partial charge in [0.25, 0.3) is 0 Å². The summed E-state index contributed by atoms with van der Waals surface area (Å²) in [5.74, 6) is 0. The highest BCUT2D eigenvalue weighted by Crippen LogP contribution is 2.24. The summed E-state index contributed by atoms with van der Waals surface area (Å²) in [6.45, 7) is 2.81. The van der Waals surface area contributed by atoms with Crippen molar-refractivity contribution in [3.8, 4) is 0 Å². The van der Waals surface area contributed by atoms with Gasteiger partial charge in [-0.1, -0.05) is 30.3 Å². The van der Waals surface area contributed by atoms with Crippen LogP contribution in [0.3, 0.4) is 0 Å². The Bertz CT molecular complexity index is 252. The third kappa shape index (κ3) is 2.21. The Kier molecular flexibility index (Phi) is 3.72. The maximum absolute atomic E-state index is 5.54. The fourth-order valence-corrected chi connectivity index (χ4v) is 1.55. The monoisotopic (exact) mass is 199 g/mol. The zero-order valence-corrected chi connectivity index (χ0v) is 8.38. The SMILES string of the molecule is CC1NCOC1c1ccccc1.Cl. The van der Waals surface area contributed by atoms with E-state index in [1.54, 1.807) is 0 Å². The summed E-state index contributed by atoms with van der Waals surface area (Å²) in [5, 5.41) is 3.25. The third-order valence-corrected chi connectivity index (χ3v) is 2.25. The average molecular weight is 200 g/mol. The molecule has 1 aliphatic rings. The number of nitrogens with one attached hydrogen (secondary N) is 1. The molecule has 2 atom stereocenters. The average Bonchev–Trinajstić information content (AvgIpc) is 2.53. The van der Waals surface area contributed by atoms with Gasteiger partial charge in [0.05, 0.1) is 12.8 Å². The smallest absolute Gasteiger partial charge is 0.0993 e. The lowest BCUT2D eigenvalue weighted by Gasteiger charge is -2.13. The Morgan fingerprint density at radius 1 is 1.31 bits per heavy atom. The van der Waals surface area contributed by atoms with E-state index in [1.807, 2.05) is 18.2 Å². The molecule has 1 aromatic carbocycles. The molecule has 13 heavy (non-hydrogen) atoms. The lowest BCUT2D eigenvalue weighted by atomic mass is 10.0. The normalized spacial score (nSPS) is 26.8. The van der Waals surface area contributed by atoms with Crippen molar-refractivity contribution in [1.82, 2.24) is 5.32 Å². The molecule has 1 saturated heterocycles. The first-order valence-electron chi connectivity index (χ1n) is 4.28. The van der Waals surface area contributed by atoms with Crippen molar-refractivity contribution in [3.63, 3.8) is 0 Å². The minimum Gasteiger partial charge on any atom is -0.357 e. The summed E-state index contributed by atoms with van der Waals surface area (Å²) in [6, 6.07) is 10.7. The van der Waals surface area contributed by atoms with Gasteiger partial charge in [-0.25, -0.2) is 0 Å². The summed E-state index contributed by atoms with van der Waals surface area (Å²) >= 11 is 0. The highest BCUT2D eigenvalue weighted by molar-refractivity contribution is 5.85. The molecular formula is C10H14ClNO. The van der Waals surface area contributed by atoms with Crippen molar-refractivity contribution >= 4 is 12.4 Å². The summed E-state index contributed by atoms with van der Waals surface area (Å²) in [5.41, 5.74) is 1.26. The van der Waals surface area contributed by atoms with Crippen molar-refractivity contribution in [1.29, 1.82) is 0 Å². The van der Waals surface area contributed by atoms with Crippen LogP contribution in [-0.4, -0.2) is 12.8 Å². The fourth-order valence-electron chi connectivity index (χ4n) is 1.55. The molecule has 1 aliphatic heterocycles. The van der Waals surface area contributed by atoms with E-state index in [9.17, 15) is 0 Å². The maximum atomic E-state index is 5.54. The highest BCUT2D eigenvalue weighted by Gasteiger charge is 2.24. The van der Waals surface area contributed by atoms with E-state index < -0.39 is 0 Å². The first kappa shape index (κ1) is 10.5. The number of hydrogen-bond acceptors (Lipinski definition) is 2. The van der Waals surface area contributed by atoms with Gasteiger partial charge in [-0.05, 0) is 12.5 Å². The second-order valence-corrected chi connectivity index (χ2v) is 3.14. The van der Waals surface area contributed by atoms with Crippen LogP contribution in [0.15, 0.2) is 30.3 Å². The van der Waals surface area contributed by atoms with Crippen LogP contribution in [0.25, 0.3) is 0 Å². The Morgan fingerprint density at radius 3 is 2.54 bits per heavy atom. The molecule has 1 fully saturated rings. The highest BCUT2D eigenvalue weighted by atomic mass is 35.5. The minimum atomic E-state index is 0. The number of hydrogen-bond donors (Lipinski definition) is 1. The summed E-state index contributed by atoms with van der Waals surface area (Å²) < 4.78 is 5.54. The number of halogens is 1.